The van der Waals surface area contributed by atoms with Gasteiger partial charge in [0.25, 0.3) is 11.5 Å². The van der Waals surface area contributed by atoms with E-state index in [2.05, 4.69) is 5.32 Å². The highest BCUT2D eigenvalue weighted by atomic mass is 16.6. The smallest absolute Gasteiger partial charge is 0.279 e. The highest BCUT2D eigenvalue weighted by molar-refractivity contribution is 6.23. The molecule has 0 aromatic heterocycles. The van der Waals surface area contributed by atoms with E-state index in [0.717, 1.165) is 13.2 Å². The molecule has 1 saturated heterocycles. The Kier molecular flexibility index (Phi) is 4.43. The summed E-state index contributed by atoms with van der Waals surface area (Å²) < 4.78 is 10.7. The average molecular weight is 368 g/mol. The topological polar surface area (TPSA) is 126 Å². The zero-order valence-electron chi connectivity index (χ0n) is 14.6. The number of aliphatic hydroxyl groups is 1. The van der Waals surface area contributed by atoms with Gasteiger partial charge in [0.2, 0.25) is 17.3 Å². The molecule has 8 heteroatoms. The lowest BCUT2D eigenvalue weighted by atomic mass is 9.85. The van der Waals surface area contributed by atoms with Crippen LogP contribution in [-0.2, 0) is 19.1 Å². The average Bonchev–Trinajstić information content (AvgIpc) is 3.08. The second kappa shape index (κ2) is 6.46. The minimum absolute atomic E-state index is 0.0326. The Balaban J connectivity index is 2.06. The van der Waals surface area contributed by atoms with Crippen LogP contribution < -0.4 is 5.32 Å². The van der Waals surface area contributed by atoms with Crippen LogP contribution in [0.2, 0.25) is 0 Å². The van der Waals surface area contributed by atoms with Gasteiger partial charge in [-0.15, -0.1) is 0 Å². The first-order chi connectivity index (χ1) is 12.8. The van der Waals surface area contributed by atoms with E-state index in [-0.39, 0.29) is 16.9 Å². The molecule has 2 heterocycles. The van der Waals surface area contributed by atoms with Gasteiger partial charge in [0.05, 0.1) is 6.07 Å². The maximum Gasteiger partial charge on any atom is 0.279 e. The van der Waals surface area contributed by atoms with Gasteiger partial charge in [0.1, 0.15) is 5.76 Å². The largest absolute Gasteiger partial charge is 0.466 e. The number of nitrogens with one attached hydrogen (secondary N) is 1. The van der Waals surface area contributed by atoms with Gasteiger partial charge in [-0.25, -0.2) is 0 Å². The zero-order valence-corrected chi connectivity index (χ0v) is 14.6. The zero-order chi connectivity index (χ0) is 19.8. The Hall–Kier alpha value is -3.28. The third kappa shape index (κ3) is 2.40. The Morgan fingerprint density at radius 3 is 2.63 bits per heavy atom. The molecule has 0 aliphatic carbocycles. The van der Waals surface area contributed by atoms with Crippen LogP contribution in [0.15, 0.2) is 53.8 Å². The Bertz CT molecular complexity index is 929. The molecule has 8 nitrogen and oxygen atoms in total. The summed E-state index contributed by atoms with van der Waals surface area (Å²) in [5.74, 6) is -2.55. The number of amides is 1. The molecule has 138 valence electrons. The number of rotatable bonds is 4. The highest BCUT2D eigenvalue weighted by Crippen LogP contribution is 2.43. The summed E-state index contributed by atoms with van der Waals surface area (Å²) >= 11 is 0. The summed E-state index contributed by atoms with van der Waals surface area (Å²) in [4.78, 5) is 38.5. The molecule has 27 heavy (non-hydrogen) atoms. The second-order valence-electron chi connectivity index (χ2n) is 6.11. The van der Waals surface area contributed by atoms with Crippen LogP contribution in [0.3, 0.4) is 0 Å². The maximum atomic E-state index is 13.0. The number of Topliss-reactive ketones (excluding diaryl/α,β-unsaturated/α-hetero) is 2. The first-order valence-electron chi connectivity index (χ1n) is 8.01. The van der Waals surface area contributed by atoms with Crippen molar-refractivity contribution in [1.29, 1.82) is 5.26 Å². The predicted molar refractivity (Wildman–Crippen MR) is 90.9 cm³/mol. The van der Waals surface area contributed by atoms with Crippen LogP contribution in [0, 0.1) is 11.3 Å². The SMILES string of the molecule is CO[C@@]1(C(=O)c2ccccc2)NC(=O)[C@]2(OC(/C=C/C#N)=C(C)C2=O)[C@H]1O. The summed E-state index contributed by atoms with van der Waals surface area (Å²) in [6.45, 7) is 1.40. The number of nitriles is 1. The molecule has 3 rings (SSSR count). The first kappa shape index (κ1) is 18.5. The van der Waals surface area contributed by atoms with Crippen molar-refractivity contribution < 1.29 is 29.0 Å². The van der Waals surface area contributed by atoms with Crippen molar-refractivity contribution in [2.45, 2.75) is 24.4 Å². The van der Waals surface area contributed by atoms with E-state index in [0.29, 0.717) is 0 Å². The van der Waals surface area contributed by atoms with Crippen molar-refractivity contribution in [3.63, 3.8) is 0 Å². The van der Waals surface area contributed by atoms with Crippen LogP contribution in [0.25, 0.3) is 0 Å². The van der Waals surface area contributed by atoms with Gasteiger partial charge in [-0.3, -0.25) is 14.4 Å². The van der Waals surface area contributed by atoms with Crippen LogP contribution in [0.1, 0.15) is 17.3 Å². The summed E-state index contributed by atoms with van der Waals surface area (Å²) in [6.07, 6.45) is 0.335. The lowest BCUT2D eigenvalue weighted by Gasteiger charge is -2.32. The molecule has 0 bridgehead atoms. The maximum absolute atomic E-state index is 13.0. The number of carbonyl (C=O) groups is 3. The fourth-order valence-electron chi connectivity index (χ4n) is 3.27. The molecule has 1 aromatic rings. The third-order valence-corrected chi connectivity index (χ3v) is 4.73. The fourth-order valence-corrected chi connectivity index (χ4v) is 3.27. The van der Waals surface area contributed by atoms with Crippen molar-refractivity contribution in [3.05, 3.63) is 59.4 Å². The van der Waals surface area contributed by atoms with Gasteiger partial charge in [0, 0.05) is 24.3 Å². The van der Waals surface area contributed by atoms with E-state index in [9.17, 15) is 19.5 Å². The Labute approximate surface area is 154 Å². The standard InChI is InChI=1S/C19H16N2O6/c1-11-13(9-6-10-20)27-18(14(11)22)16(24)19(26-2,21-17(18)25)15(23)12-7-4-3-5-8-12/h3-9,16,24H,1-2H3,(H,21,25)/b9-6+/t16-,18-,19-/m1/s1. The number of ketones is 2. The highest BCUT2D eigenvalue weighted by Gasteiger charge is 2.73. The minimum Gasteiger partial charge on any atom is -0.466 e. The van der Waals surface area contributed by atoms with Crippen molar-refractivity contribution >= 4 is 17.5 Å². The first-order valence-corrected chi connectivity index (χ1v) is 8.01. The van der Waals surface area contributed by atoms with Gasteiger partial charge in [-0.2, -0.15) is 5.26 Å². The quantitative estimate of drug-likeness (QED) is 0.447. The monoisotopic (exact) mass is 368 g/mol. The Morgan fingerprint density at radius 1 is 1.37 bits per heavy atom. The normalized spacial score (nSPS) is 29.9. The van der Waals surface area contributed by atoms with Crippen molar-refractivity contribution in [1.82, 2.24) is 5.32 Å². The molecule has 2 aliphatic rings. The van der Waals surface area contributed by atoms with Gasteiger partial charge in [-0.05, 0) is 13.0 Å². The number of hydrogen-bond donors (Lipinski definition) is 2. The van der Waals surface area contributed by atoms with Gasteiger partial charge in [-0.1, -0.05) is 30.3 Å². The number of aliphatic hydroxyl groups excluding tert-OH is 1. The number of benzene rings is 1. The summed E-state index contributed by atoms with van der Waals surface area (Å²) in [7, 11) is 1.14. The fraction of sp³-hybridized carbons (Fsp3) is 0.263. The molecule has 0 saturated carbocycles. The van der Waals surface area contributed by atoms with E-state index < -0.39 is 34.9 Å². The molecule has 0 radical (unpaired) electrons. The number of carbonyl (C=O) groups excluding carboxylic acids is 3. The molecule has 2 N–H and O–H groups in total. The number of nitrogens with zero attached hydrogens (tertiary/aromatic N) is 1. The van der Waals surface area contributed by atoms with E-state index in [1.807, 2.05) is 0 Å². The van der Waals surface area contributed by atoms with Gasteiger partial charge >= 0.3 is 0 Å². The van der Waals surface area contributed by atoms with Crippen LogP contribution >= 0.6 is 0 Å². The van der Waals surface area contributed by atoms with E-state index >= 15 is 0 Å². The summed E-state index contributed by atoms with van der Waals surface area (Å²) in [6, 6.07) is 9.67. The van der Waals surface area contributed by atoms with E-state index in [1.54, 1.807) is 24.3 Å². The minimum atomic E-state index is -2.36. The van der Waals surface area contributed by atoms with Crippen LogP contribution in [-0.4, -0.2) is 47.1 Å². The number of ether oxygens (including phenoxy) is 2. The third-order valence-electron chi connectivity index (χ3n) is 4.73. The number of allylic oxidation sites excluding steroid dienone is 2. The molecule has 3 atom stereocenters. The molecule has 1 aromatic carbocycles. The summed E-state index contributed by atoms with van der Waals surface area (Å²) in [5.41, 5.74) is -4.33. The lowest BCUT2D eigenvalue weighted by Crippen LogP contribution is -2.60. The Morgan fingerprint density at radius 2 is 2.04 bits per heavy atom. The predicted octanol–water partition coefficient (Wildman–Crippen LogP) is 0.395. The molecule has 1 spiro atoms. The lowest BCUT2D eigenvalue weighted by molar-refractivity contribution is -0.159. The molecular formula is C19H16N2O6. The van der Waals surface area contributed by atoms with Crippen LogP contribution in [0.5, 0.6) is 0 Å². The molecular weight excluding hydrogens is 352 g/mol. The van der Waals surface area contributed by atoms with Crippen LogP contribution in [0.4, 0.5) is 0 Å². The van der Waals surface area contributed by atoms with Crippen molar-refractivity contribution in [2.75, 3.05) is 7.11 Å². The van der Waals surface area contributed by atoms with E-state index in [4.69, 9.17) is 14.7 Å². The molecule has 1 amide bonds. The van der Waals surface area contributed by atoms with Crippen molar-refractivity contribution in [2.24, 2.45) is 0 Å². The van der Waals surface area contributed by atoms with Gasteiger partial charge in [0.15, 0.2) is 6.10 Å². The molecule has 2 aliphatic heterocycles. The number of methoxy groups -OCH3 is 1. The number of hydrogen-bond acceptors (Lipinski definition) is 7. The van der Waals surface area contributed by atoms with Crippen molar-refractivity contribution in [3.8, 4) is 6.07 Å². The summed E-state index contributed by atoms with van der Waals surface area (Å²) in [5, 5.41) is 21.9. The van der Waals surface area contributed by atoms with E-state index in [1.165, 1.54) is 25.1 Å². The van der Waals surface area contributed by atoms with Gasteiger partial charge < -0.3 is 19.9 Å². The second-order valence-corrected chi connectivity index (χ2v) is 6.11. The molecule has 1 fully saturated rings. The molecule has 0 unspecified atom stereocenters.